The molecule has 35 heavy (non-hydrogen) atoms. The maximum atomic E-state index is 13.6. The molecule has 3 aromatic rings. The van der Waals surface area contributed by atoms with Gasteiger partial charge in [0.15, 0.2) is 16.3 Å². The maximum absolute atomic E-state index is 13.6. The standard InChI is InChI=1S/C27H24N2O5S/c1-5-14-34-20-13-12-17(15-21(20)32-3)16-22-25(30)29-24(18-10-8-7-9-11-18)23(26(31)33-4)19(6-2)28-27(29)35-22/h1,7-13,15-16,24H,6,14H2,2-4H3/b22-16-/t24-/m1/s1. The number of terminal acetylenes is 1. The molecule has 1 aliphatic rings. The maximum Gasteiger partial charge on any atom is 0.338 e. The van der Waals surface area contributed by atoms with Gasteiger partial charge < -0.3 is 14.2 Å². The Bertz CT molecular complexity index is 1510. The zero-order chi connectivity index (χ0) is 24.9. The monoisotopic (exact) mass is 488 g/mol. The molecule has 0 fully saturated rings. The first-order valence-corrected chi connectivity index (χ1v) is 11.8. The van der Waals surface area contributed by atoms with Crippen LogP contribution in [-0.4, -0.2) is 31.4 Å². The Morgan fingerprint density at radius 1 is 1.20 bits per heavy atom. The molecule has 0 saturated carbocycles. The van der Waals surface area contributed by atoms with Crippen LogP contribution >= 0.6 is 11.3 Å². The summed E-state index contributed by atoms with van der Waals surface area (Å²) in [4.78, 5) is 31.7. The number of fused-ring (bicyclic) bond motifs is 1. The van der Waals surface area contributed by atoms with Crippen LogP contribution in [0, 0.1) is 12.3 Å². The second-order valence-corrected chi connectivity index (χ2v) is 8.61. The number of nitrogens with zero attached hydrogens (tertiary/aromatic N) is 2. The van der Waals surface area contributed by atoms with Crippen molar-refractivity contribution in [2.24, 2.45) is 4.99 Å². The highest BCUT2D eigenvalue weighted by Crippen LogP contribution is 2.32. The molecule has 0 radical (unpaired) electrons. The third kappa shape index (κ3) is 4.63. The fourth-order valence-corrected chi connectivity index (χ4v) is 5.00. The third-order valence-electron chi connectivity index (χ3n) is 5.56. The lowest BCUT2D eigenvalue weighted by Crippen LogP contribution is -2.40. The summed E-state index contributed by atoms with van der Waals surface area (Å²) in [6.45, 7) is 2.05. The molecule has 0 saturated heterocycles. The number of allylic oxidation sites excluding steroid dienone is 1. The molecule has 0 amide bonds. The lowest BCUT2D eigenvalue weighted by molar-refractivity contribution is -0.136. The van der Waals surface area contributed by atoms with E-state index in [2.05, 4.69) is 10.9 Å². The van der Waals surface area contributed by atoms with Gasteiger partial charge in [-0.2, -0.15) is 0 Å². The lowest BCUT2D eigenvalue weighted by atomic mass is 9.95. The van der Waals surface area contributed by atoms with Crippen molar-refractivity contribution in [3.8, 4) is 23.8 Å². The topological polar surface area (TPSA) is 79.1 Å². The number of esters is 1. The Hall–Kier alpha value is -4.09. The highest BCUT2D eigenvalue weighted by Gasteiger charge is 2.33. The van der Waals surface area contributed by atoms with Crippen LogP contribution in [0.2, 0.25) is 0 Å². The zero-order valence-electron chi connectivity index (χ0n) is 19.6. The number of ether oxygens (including phenoxy) is 3. The van der Waals surface area contributed by atoms with Crippen molar-refractivity contribution >= 4 is 23.4 Å². The molecule has 7 nitrogen and oxygen atoms in total. The SMILES string of the molecule is C#CCOc1ccc(/C=c2\sc3n(c2=O)[C@H](c2ccccc2)C(C(=O)OC)=C(CC)N=3)cc1OC. The van der Waals surface area contributed by atoms with Crippen LogP contribution in [0.25, 0.3) is 6.08 Å². The van der Waals surface area contributed by atoms with Gasteiger partial charge >= 0.3 is 5.97 Å². The molecule has 1 atom stereocenters. The lowest BCUT2D eigenvalue weighted by Gasteiger charge is -2.25. The fraction of sp³-hybridized carbons (Fsp3) is 0.222. The normalized spacial score (nSPS) is 15.1. The van der Waals surface area contributed by atoms with Crippen LogP contribution in [0.15, 0.2) is 69.6 Å². The van der Waals surface area contributed by atoms with Crippen molar-refractivity contribution in [3.05, 3.63) is 90.6 Å². The van der Waals surface area contributed by atoms with Gasteiger partial charge in [-0.1, -0.05) is 60.6 Å². The molecule has 178 valence electrons. The molecule has 1 aromatic heterocycles. The van der Waals surface area contributed by atoms with Crippen LogP contribution < -0.4 is 24.4 Å². The molecule has 1 aliphatic heterocycles. The van der Waals surface area contributed by atoms with Crippen molar-refractivity contribution in [3.63, 3.8) is 0 Å². The van der Waals surface area contributed by atoms with E-state index in [0.29, 0.717) is 38.5 Å². The number of methoxy groups -OCH3 is 2. The molecule has 0 unspecified atom stereocenters. The number of aromatic nitrogens is 1. The number of carbonyl (C=O) groups excluding carboxylic acids is 1. The Balaban J connectivity index is 1.90. The Kier molecular flexibility index (Phi) is 7.18. The molecule has 2 aromatic carbocycles. The highest BCUT2D eigenvalue weighted by molar-refractivity contribution is 7.07. The summed E-state index contributed by atoms with van der Waals surface area (Å²) < 4.78 is 18.0. The molecule has 2 heterocycles. The average Bonchev–Trinajstić information content (AvgIpc) is 3.20. The molecule has 4 rings (SSSR count). The quantitative estimate of drug-likeness (QED) is 0.378. The minimum atomic E-state index is -0.633. The van der Waals surface area contributed by atoms with Gasteiger partial charge in [0.1, 0.15) is 6.61 Å². The summed E-state index contributed by atoms with van der Waals surface area (Å²) in [5.74, 6) is 2.95. The second kappa shape index (κ2) is 10.5. The van der Waals surface area contributed by atoms with Crippen LogP contribution in [0.5, 0.6) is 11.5 Å². The molecule has 0 spiro atoms. The number of hydrogen-bond donors (Lipinski definition) is 0. The van der Waals surface area contributed by atoms with Gasteiger partial charge in [-0.25, -0.2) is 9.79 Å². The summed E-state index contributed by atoms with van der Waals surface area (Å²) in [6.07, 6.45) is 7.57. The number of carbonyl (C=O) groups is 1. The third-order valence-corrected chi connectivity index (χ3v) is 6.54. The Labute approximate surface area is 206 Å². The van der Waals surface area contributed by atoms with E-state index in [-0.39, 0.29) is 12.2 Å². The minimum Gasteiger partial charge on any atom is -0.493 e. The summed E-state index contributed by atoms with van der Waals surface area (Å²) in [5, 5.41) is 0. The van der Waals surface area contributed by atoms with E-state index in [1.165, 1.54) is 25.6 Å². The highest BCUT2D eigenvalue weighted by atomic mass is 32.1. The molecule has 8 heteroatoms. The Morgan fingerprint density at radius 3 is 2.63 bits per heavy atom. The van der Waals surface area contributed by atoms with Gasteiger partial charge in [-0.15, -0.1) is 6.42 Å². The zero-order valence-corrected chi connectivity index (χ0v) is 20.4. The van der Waals surface area contributed by atoms with E-state index >= 15 is 0 Å². The second-order valence-electron chi connectivity index (χ2n) is 7.60. The van der Waals surface area contributed by atoms with Crippen molar-refractivity contribution in [1.29, 1.82) is 0 Å². The molecular weight excluding hydrogens is 464 g/mol. The van der Waals surface area contributed by atoms with Gasteiger partial charge in [0.05, 0.1) is 36.1 Å². The predicted molar refractivity (Wildman–Crippen MR) is 134 cm³/mol. The summed E-state index contributed by atoms with van der Waals surface area (Å²) in [6, 6.07) is 14.1. The van der Waals surface area contributed by atoms with Gasteiger partial charge in [0.25, 0.3) is 5.56 Å². The average molecular weight is 489 g/mol. The number of benzene rings is 2. The molecule has 0 bridgehead atoms. The molecule has 0 N–H and O–H groups in total. The van der Waals surface area contributed by atoms with Crippen molar-refractivity contribution in [2.75, 3.05) is 20.8 Å². The van der Waals surface area contributed by atoms with E-state index in [4.69, 9.17) is 20.6 Å². The van der Waals surface area contributed by atoms with E-state index in [9.17, 15) is 9.59 Å². The van der Waals surface area contributed by atoms with Crippen LogP contribution in [0.1, 0.15) is 30.5 Å². The van der Waals surface area contributed by atoms with Gasteiger partial charge in [0.2, 0.25) is 0 Å². The first-order chi connectivity index (χ1) is 17.0. The molecule has 0 aliphatic carbocycles. The number of rotatable bonds is 7. The van der Waals surface area contributed by atoms with Gasteiger partial charge in [-0.3, -0.25) is 9.36 Å². The van der Waals surface area contributed by atoms with Crippen LogP contribution in [-0.2, 0) is 9.53 Å². The largest absolute Gasteiger partial charge is 0.493 e. The summed E-state index contributed by atoms with van der Waals surface area (Å²) in [5.41, 5.74) is 2.29. The number of thiazole rings is 1. The predicted octanol–water partition coefficient (Wildman–Crippen LogP) is 2.82. The first kappa shape index (κ1) is 24.0. The first-order valence-electron chi connectivity index (χ1n) is 10.9. The van der Waals surface area contributed by atoms with Crippen molar-refractivity contribution < 1.29 is 19.0 Å². The van der Waals surface area contributed by atoms with E-state index < -0.39 is 12.0 Å². The van der Waals surface area contributed by atoms with Crippen LogP contribution in [0.4, 0.5) is 0 Å². The number of hydrogen-bond acceptors (Lipinski definition) is 7. The van der Waals surface area contributed by atoms with Gasteiger partial charge in [-0.05, 0) is 35.8 Å². The summed E-state index contributed by atoms with van der Waals surface area (Å²) in [7, 11) is 2.87. The van der Waals surface area contributed by atoms with E-state index in [0.717, 1.165) is 11.1 Å². The van der Waals surface area contributed by atoms with E-state index in [1.807, 2.05) is 43.3 Å². The summed E-state index contributed by atoms with van der Waals surface area (Å²) >= 11 is 1.27. The minimum absolute atomic E-state index is 0.121. The van der Waals surface area contributed by atoms with Gasteiger partial charge in [0, 0.05) is 0 Å². The Morgan fingerprint density at radius 2 is 1.97 bits per heavy atom. The van der Waals surface area contributed by atoms with Crippen molar-refractivity contribution in [1.82, 2.24) is 4.57 Å². The van der Waals surface area contributed by atoms with Crippen molar-refractivity contribution in [2.45, 2.75) is 19.4 Å². The van der Waals surface area contributed by atoms with Crippen LogP contribution in [0.3, 0.4) is 0 Å². The fourth-order valence-electron chi connectivity index (χ4n) is 3.98. The molecular formula is C27H24N2O5S. The smallest absolute Gasteiger partial charge is 0.338 e. The van der Waals surface area contributed by atoms with E-state index in [1.54, 1.807) is 22.8 Å².